The minimum atomic E-state index is -0.247. The average Bonchev–Trinajstić information content (AvgIpc) is 2.99. The van der Waals surface area contributed by atoms with Crippen LogP contribution in [0.3, 0.4) is 0 Å². The summed E-state index contributed by atoms with van der Waals surface area (Å²) in [5.74, 6) is -0.482. The van der Waals surface area contributed by atoms with Gasteiger partial charge in [0.2, 0.25) is 0 Å². The predicted octanol–water partition coefficient (Wildman–Crippen LogP) is 3.42. The highest BCUT2D eigenvalue weighted by Gasteiger charge is 2.43. The molecule has 140 valence electrons. The summed E-state index contributed by atoms with van der Waals surface area (Å²) in [6.07, 6.45) is 0.738. The van der Waals surface area contributed by atoms with Gasteiger partial charge in [-0.1, -0.05) is 55.5 Å². The van der Waals surface area contributed by atoms with Gasteiger partial charge in [0.05, 0.1) is 22.5 Å². The van der Waals surface area contributed by atoms with E-state index >= 15 is 0 Å². The number of rotatable bonds is 4. The standard InChI is InChI=1S/C23H20N2O3/c1-3-12-25-21(15-10-8-14(9-11-15)13(2)26)19-18(23(25)28)20(24)16-6-4-5-7-17(16)22(19)27/h4-11H,3,12,24H2,1-2H3. The number of hydrogen-bond donors (Lipinski definition) is 1. The maximum atomic E-state index is 13.3. The van der Waals surface area contributed by atoms with Gasteiger partial charge in [-0.3, -0.25) is 14.4 Å². The number of amides is 1. The predicted molar refractivity (Wildman–Crippen MR) is 107 cm³/mol. The largest absolute Gasteiger partial charge is 0.398 e. The van der Waals surface area contributed by atoms with Crippen LogP contribution >= 0.6 is 0 Å². The Morgan fingerprint density at radius 3 is 2.21 bits per heavy atom. The Hall–Kier alpha value is -3.47. The third-order valence-corrected chi connectivity index (χ3v) is 5.19. The van der Waals surface area contributed by atoms with E-state index in [4.69, 9.17) is 5.73 Å². The lowest BCUT2D eigenvalue weighted by Gasteiger charge is -2.20. The van der Waals surface area contributed by atoms with E-state index in [1.807, 2.05) is 6.92 Å². The lowest BCUT2D eigenvalue weighted by molar-refractivity contribution is -0.123. The number of carbonyl (C=O) groups excluding carboxylic acids is 3. The molecule has 0 fully saturated rings. The molecule has 0 atom stereocenters. The van der Waals surface area contributed by atoms with E-state index in [2.05, 4.69) is 0 Å². The van der Waals surface area contributed by atoms with Gasteiger partial charge in [-0.15, -0.1) is 0 Å². The fourth-order valence-electron chi connectivity index (χ4n) is 3.85. The van der Waals surface area contributed by atoms with Gasteiger partial charge in [-0.05, 0) is 18.9 Å². The van der Waals surface area contributed by atoms with Crippen LogP contribution < -0.4 is 5.73 Å². The number of ketones is 2. The number of carbonyl (C=O) groups is 3. The highest BCUT2D eigenvalue weighted by atomic mass is 16.2. The summed E-state index contributed by atoms with van der Waals surface area (Å²) >= 11 is 0. The number of fused-ring (bicyclic) bond motifs is 2. The van der Waals surface area contributed by atoms with E-state index in [9.17, 15) is 14.4 Å². The van der Waals surface area contributed by atoms with E-state index in [0.717, 1.165) is 12.0 Å². The molecule has 1 amide bonds. The second kappa shape index (κ2) is 6.60. The molecule has 1 aliphatic carbocycles. The lowest BCUT2D eigenvalue weighted by Crippen LogP contribution is -2.27. The first-order valence-electron chi connectivity index (χ1n) is 9.27. The molecular formula is C23H20N2O3. The van der Waals surface area contributed by atoms with Gasteiger partial charge in [-0.25, -0.2) is 0 Å². The summed E-state index contributed by atoms with van der Waals surface area (Å²) in [6, 6.07) is 14.1. The van der Waals surface area contributed by atoms with Crippen LogP contribution in [-0.2, 0) is 4.79 Å². The Balaban J connectivity index is 1.99. The van der Waals surface area contributed by atoms with Gasteiger partial charge >= 0.3 is 0 Å². The Bertz CT molecular complexity index is 1090. The van der Waals surface area contributed by atoms with Crippen LogP contribution in [0.15, 0.2) is 59.7 Å². The van der Waals surface area contributed by atoms with Crippen LogP contribution in [0.5, 0.6) is 0 Å². The molecule has 2 aromatic carbocycles. The zero-order valence-electron chi connectivity index (χ0n) is 15.8. The first kappa shape index (κ1) is 17.9. The molecule has 0 radical (unpaired) electrons. The Morgan fingerprint density at radius 1 is 0.964 bits per heavy atom. The van der Waals surface area contributed by atoms with Gasteiger partial charge in [0.25, 0.3) is 5.91 Å². The molecule has 2 aromatic rings. The van der Waals surface area contributed by atoms with Crippen molar-refractivity contribution in [1.29, 1.82) is 0 Å². The second-order valence-electron chi connectivity index (χ2n) is 6.98. The monoisotopic (exact) mass is 372 g/mol. The third kappa shape index (κ3) is 2.51. The van der Waals surface area contributed by atoms with E-state index in [1.54, 1.807) is 53.4 Å². The van der Waals surface area contributed by atoms with Crippen molar-refractivity contribution in [2.75, 3.05) is 6.54 Å². The van der Waals surface area contributed by atoms with E-state index in [-0.39, 0.29) is 23.0 Å². The highest BCUT2D eigenvalue weighted by molar-refractivity contribution is 6.32. The molecule has 4 rings (SSSR count). The SMILES string of the molecule is CCCN1C(=O)C2=C(N)c3ccccc3C(=O)C2=C1c1ccc(C(C)=O)cc1. The molecule has 2 aliphatic rings. The molecule has 28 heavy (non-hydrogen) atoms. The Morgan fingerprint density at radius 2 is 1.61 bits per heavy atom. The minimum Gasteiger partial charge on any atom is -0.398 e. The van der Waals surface area contributed by atoms with Crippen molar-refractivity contribution in [3.05, 3.63) is 81.9 Å². The summed E-state index contributed by atoms with van der Waals surface area (Å²) in [7, 11) is 0. The Labute approximate surface area is 163 Å². The maximum Gasteiger partial charge on any atom is 0.261 e. The topological polar surface area (TPSA) is 80.5 Å². The number of nitrogens with two attached hydrogens (primary N) is 1. The van der Waals surface area contributed by atoms with E-state index in [0.29, 0.717) is 40.2 Å². The van der Waals surface area contributed by atoms with Crippen molar-refractivity contribution in [1.82, 2.24) is 4.90 Å². The molecule has 0 unspecified atom stereocenters. The fourth-order valence-corrected chi connectivity index (χ4v) is 3.85. The molecule has 0 saturated heterocycles. The molecule has 5 heteroatoms. The Kier molecular flexibility index (Phi) is 4.23. The van der Waals surface area contributed by atoms with E-state index < -0.39 is 0 Å². The van der Waals surface area contributed by atoms with Crippen LogP contribution in [0.2, 0.25) is 0 Å². The number of hydrogen-bond acceptors (Lipinski definition) is 4. The fraction of sp³-hybridized carbons (Fsp3) is 0.174. The van der Waals surface area contributed by atoms with Gasteiger partial charge in [0.15, 0.2) is 11.6 Å². The molecule has 5 nitrogen and oxygen atoms in total. The summed E-state index contributed by atoms with van der Waals surface area (Å²) < 4.78 is 0. The lowest BCUT2D eigenvalue weighted by atomic mass is 9.84. The van der Waals surface area contributed by atoms with Crippen molar-refractivity contribution < 1.29 is 14.4 Å². The van der Waals surface area contributed by atoms with Gasteiger partial charge in [0.1, 0.15) is 0 Å². The van der Waals surface area contributed by atoms with Crippen LogP contribution in [0, 0.1) is 0 Å². The smallest absolute Gasteiger partial charge is 0.261 e. The first-order valence-corrected chi connectivity index (χ1v) is 9.27. The molecule has 0 bridgehead atoms. The van der Waals surface area contributed by atoms with Crippen molar-refractivity contribution in [3.8, 4) is 0 Å². The van der Waals surface area contributed by atoms with Crippen LogP contribution in [0.4, 0.5) is 0 Å². The average molecular weight is 372 g/mol. The summed E-state index contributed by atoms with van der Waals surface area (Å²) in [5.41, 5.74) is 10.3. The van der Waals surface area contributed by atoms with Crippen LogP contribution in [0.25, 0.3) is 11.4 Å². The van der Waals surface area contributed by atoms with Crippen molar-refractivity contribution in [2.45, 2.75) is 20.3 Å². The minimum absolute atomic E-state index is 0.0374. The summed E-state index contributed by atoms with van der Waals surface area (Å²) in [5, 5.41) is 0. The van der Waals surface area contributed by atoms with Crippen molar-refractivity contribution >= 4 is 28.9 Å². The molecule has 1 heterocycles. The molecule has 0 aromatic heterocycles. The summed E-state index contributed by atoms with van der Waals surface area (Å²) in [4.78, 5) is 39.7. The normalized spacial score (nSPS) is 15.9. The molecule has 2 N–H and O–H groups in total. The van der Waals surface area contributed by atoms with Crippen molar-refractivity contribution in [2.24, 2.45) is 5.73 Å². The van der Waals surface area contributed by atoms with Gasteiger partial charge in [0, 0.05) is 23.2 Å². The zero-order chi connectivity index (χ0) is 20.0. The van der Waals surface area contributed by atoms with Gasteiger partial charge in [-0.2, -0.15) is 0 Å². The molecule has 0 spiro atoms. The quantitative estimate of drug-likeness (QED) is 0.834. The van der Waals surface area contributed by atoms with Crippen LogP contribution in [0.1, 0.15) is 52.1 Å². The number of nitrogens with zero attached hydrogens (tertiary/aromatic N) is 1. The molecule has 0 saturated carbocycles. The third-order valence-electron chi connectivity index (χ3n) is 5.19. The van der Waals surface area contributed by atoms with Gasteiger partial charge < -0.3 is 10.6 Å². The van der Waals surface area contributed by atoms with Crippen molar-refractivity contribution in [3.63, 3.8) is 0 Å². The molecule has 1 aliphatic heterocycles. The van der Waals surface area contributed by atoms with Crippen LogP contribution in [-0.4, -0.2) is 28.9 Å². The molecular weight excluding hydrogens is 352 g/mol. The summed E-state index contributed by atoms with van der Waals surface area (Å²) in [6.45, 7) is 3.96. The zero-order valence-corrected chi connectivity index (χ0v) is 15.8. The number of benzene rings is 2. The highest BCUT2D eigenvalue weighted by Crippen LogP contribution is 2.43. The first-order chi connectivity index (χ1) is 13.5. The second-order valence-corrected chi connectivity index (χ2v) is 6.98. The maximum absolute atomic E-state index is 13.3. The number of Topliss-reactive ketones (excluding diaryl/α,β-unsaturated/α-hetero) is 2. The van der Waals surface area contributed by atoms with E-state index in [1.165, 1.54) is 6.92 Å².